The van der Waals surface area contributed by atoms with Crippen molar-refractivity contribution in [3.63, 3.8) is 0 Å². The second-order valence-electron chi connectivity index (χ2n) is 16.9. The average molecular weight is 894 g/mol. The van der Waals surface area contributed by atoms with E-state index in [1.807, 2.05) is 24.8 Å². The van der Waals surface area contributed by atoms with E-state index in [1.165, 1.54) is 28.4 Å². The summed E-state index contributed by atoms with van der Waals surface area (Å²) in [5.41, 5.74) is 10.2. The van der Waals surface area contributed by atoms with Gasteiger partial charge in [0.05, 0.1) is 0 Å². The van der Waals surface area contributed by atoms with Crippen LogP contribution in [0.1, 0.15) is 0 Å². The molecule has 6 nitrogen and oxygen atoms in total. The predicted molar refractivity (Wildman–Crippen MR) is 269 cm³/mol. The Morgan fingerprint density at radius 1 is 0.338 bits per heavy atom. The van der Waals surface area contributed by atoms with Crippen LogP contribution in [0, 0.1) is 0 Å². The van der Waals surface area contributed by atoms with Gasteiger partial charge in [-0.3, -0.25) is 0 Å². The van der Waals surface area contributed by atoms with Gasteiger partial charge in [-0.2, -0.15) is 0 Å². The Hall–Kier alpha value is -8.20. The Balaban J connectivity index is 1.04. The molecule has 0 N–H and O–H groups in total. The van der Waals surface area contributed by atoms with Crippen molar-refractivity contribution in [2.45, 2.75) is 0 Å². The van der Waals surface area contributed by atoms with E-state index in [9.17, 15) is 0 Å². The van der Waals surface area contributed by atoms with Gasteiger partial charge in [-0.1, -0.05) is 0 Å². The monoisotopic (exact) mass is 894 g/mol. The van der Waals surface area contributed by atoms with Crippen molar-refractivity contribution in [1.29, 1.82) is 0 Å². The van der Waals surface area contributed by atoms with Crippen LogP contribution in [0.4, 0.5) is 0 Å². The van der Waals surface area contributed by atoms with Gasteiger partial charge in [0.25, 0.3) is 0 Å². The third-order valence-corrected chi connectivity index (χ3v) is 23.7. The molecule has 0 unspecified atom stereocenters. The molecule has 6 aromatic heterocycles. The quantitative estimate of drug-likeness (QED) is 0.156. The molecule has 0 aliphatic carbocycles. The molecule has 65 heavy (non-hydrogen) atoms. The van der Waals surface area contributed by atoms with Crippen LogP contribution in [0.2, 0.25) is 0 Å². The number of pyridine rings is 2. The molecule has 0 spiro atoms. The van der Waals surface area contributed by atoms with Gasteiger partial charge >= 0.3 is 377 Å². The molecule has 0 radical (unpaired) electrons. The molecular weight excluding hydrogens is 857 g/mol. The van der Waals surface area contributed by atoms with Crippen molar-refractivity contribution in [3.8, 4) is 11.4 Å². The van der Waals surface area contributed by atoms with E-state index in [-0.39, 0.29) is 0 Å². The van der Waals surface area contributed by atoms with Crippen molar-refractivity contribution in [2.75, 3.05) is 0 Å². The van der Waals surface area contributed by atoms with E-state index >= 15 is 0 Å². The average Bonchev–Trinajstić information content (AvgIpc) is 4.13. The van der Waals surface area contributed by atoms with Crippen LogP contribution in [0.5, 0.6) is 0 Å². The number of furan rings is 2. The topological polar surface area (TPSA) is 61.9 Å². The summed E-state index contributed by atoms with van der Waals surface area (Å²) in [7, 11) is 0. The molecule has 0 aliphatic heterocycles. The molecular formula is C58H36GeN4O2. The first-order chi connectivity index (χ1) is 32.3. The molecule has 0 aliphatic rings. The second-order valence-corrected chi connectivity index (χ2v) is 24.7. The SMILES string of the molecule is c1cc[c]([Ge]([c]2ccccc2)([c]2cccc3c2oc2ccc(-n4c5ccccc5c5cnccc54)cc23)[c]2cccc3c2oc2ccc(-n4c5ccccc5c5cnccc54)cc23)cc1. The molecule has 0 fully saturated rings. The molecule has 0 atom stereocenters. The van der Waals surface area contributed by atoms with E-state index in [1.54, 1.807) is 0 Å². The summed E-state index contributed by atoms with van der Waals surface area (Å²) in [5.74, 6) is 0. The summed E-state index contributed by atoms with van der Waals surface area (Å²) in [6.45, 7) is 0. The summed E-state index contributed by atoms with van der Waals surface area (Å²) in [5, 5.41) is 8.95. The van der Waals surface area contributed by atoms with Crippen LogP contribution in [-0.2, 0) is 0 Å². The van der Waals surface area contributed by atoms with E-state index in [0.29, 0.717) is 0 Å². The molecule has 0 amide bonds. The van der Waals surface area contributed by atoms with Crippen LogP contribution < -0.4 is 17.6 Å². The van der Waals surface area contributed by atoms with Gasteiger partial charge in [0.2, 0.25) is 0 Å². The number of hydrogen-bond donors (Lipinski definition) is 0. The molecule has 0 saturated carbocycles. The molecule has 304 valence electrons. The molecule has 8 aromatic carbocycles. The maximum absolute atomic E-state index is 7.19. The molecule has 0 saturated heterocycles. The van der Waals surface area contributed by atoms with Gasteiger partial charge in [0.1, 0.15) is 0 Å². The maximum atomic E-state index is 7.19. The van der Waals surface area contributed by atoms with Gasteiger partial charge in [-0.15, -0.1) is 0 Å². The Kier molecular flexibility index (Phi) is 7.76. The minimum absolute atomic E-state index is 0.853. The van der Waals surface area contributed by atoms with Crippen LogP contribution in [0.15, 0.2) is 228 Å². The third-order valence-electron chi connectivity index (χ3n) is 13.6. The number of benzene rings is 8. The van der Waals surface area contributed by atoms with Crippen molar-refractivity contribution >= 4 is 118 Å². The van der Waals surface area contributed by atoms with E-state index < -0.39 is 13.3 Å². The predicted octanol–water partition coefficient (Wildman–Crippen LogP) is 11.8. The summed E-state index contributed by atoms with van der Waals surface area (Å²) < 4.78 is 24.1. The number of rotatable bonds is 6. The first-order valence-corrected chi connectivity index (χ1v) is 26.1. The van der Waals surface area contributed by atoms with E-state index in [2.05, 4.69) is 213 Å². The number of nitrogens with zero attached hydrogens (tertiary/aromatic N) is 4. The number of fused-ring (bicyclic) bond motifs is 12. The van der Waals surface area contributed by atoms with E-state index in [4.69, 9.17) is 8.83 Å². The molecule has 0 bridgehead atoms. The van der Waals surface area contributed by atoms with Gasteiger partial charge in [0.15, 0.2) is 0 Å². The van der Waals surface area contributed by atoms with Crippen molar-refractivity contribution < 1.29 is 8.83 Å². The third kappa shape index (κ3) is 5.11. The Morgan fingerprint density at radius 3 is 1.23 bits per heavy atom. The fourth-order valence-corrected chi connectivity index (χ4v) is 21.4. The Morgan fingerprint density at radius 2 is 0.754 bits per heavy atom. The van der Waals surface area contributed by atoms with Gasteiger partial charge in [0, 0.05) is 0 Å². The first kappa shape index (κ1) is 36.3. The number of para-hydroxylation sites is 4. The fraction of sp³-hybridized carbons (Fsp3) is 0. The molecule has 7 heteroatoms. The summed E-state index contributed by atoms with van der Waals surface area (Å²) in [4.78, 5) is 8.99. The minimum atomic E-state index is -4.08. The zero-order chi connectivity index (χ0) is 42.6. The molecule has 14 aromatic rings. The zero-order valence-corrected chi connectivity index (χ0v) is 37.0. The van der Waals surface area contributed by atoms with E-state index in [0.717, 1.165) is 88.1 Å². The zero-order valence-electron chi connectivity index (χ0n) is 34.9. The number of hydrogen-bond acceptors (Lipinski definition) is 4. The standard InChI is InChI=1S/C58H36GeN4O2/c1-3-13-37(14-4-1)59(38-15-5-2-6-16-38,49-21-11-19-43-45-33-39(25-27-55(45)64-57(43)49)62-51-23-9-7-17-41(51)47-35-60-31-29-53(47)62)50-22-12-20-44-46-34-40(26-28-56(46)65-58(44)50)63-52-24-10-8-18-42(52)48-36-61-32-30-54(48)63/h1-36H. The van der Waals surface area contributed by atoms with Crippen molar-refractivity contribution in [2.24, 2.45) is 0 Å². The van der Waals surface area contributed by atoms with Crippen LogP contribution in [0.25, 0.3) is 98.9 Å². The molecule has 6 heterocycles. The summed E-state index contributed by atoms with van der Waals surface area (Å²) in [6.07, 6.45) is 7.69. The van der Waals surface area contributed by atoms with Crippen LogP contribution >= 0.6 is 0 Å². The van der Waals surface area contributed by atoms with Gasteiger partial charge < -0.3 is 0 Å². The van der Waals surface area contributed by atoms with Crippen molar-refractivity contribution in [3.05, 3.63) is 219 Å². The first-order valence-electron chi connectivity index (χ1n) is 22.0. The Labute approximate surface area is 374 Å². The fourth-order valence-electron chi connectivity index (χ4n) is 10.9. The number of aromatic nitrogens is 4. The Bertz CT molecular complexity index is 3820. The summed E-state index contributed by atoms with van der Waals surface area (Å²) in [6, 6.07) is 70.3. The van der Waals surface area contributed by atoms with Crippen LogP contribution in [0.3, 0.4) is 0 Å². The van der Waals surface area contributed by atoms with Gasteiger partial charge in [-0.05, 0) is 0 Å². The molecule has 14 rings (SSSR count). The van der Waals surface area contributed by atoms with Gasteiger partial charge in [-0.25, -0.2) is 0 Å². The second kappa shape index (κ2) is 13.9. The van der Waals surface area contributed by atoms with Crippen LogP contribution in [-0.4, -0.2) is 32.4 Å². The summed E-state index contributed by atoms with van der Waals surface area (Å²) >= 11 is -4.08. The normalized spacial score (nSPS) is 12.3. The van der Waals surface area contributed by atoms with Crippen molar-refractivity contribution in [1.82, 2.24) is 19.1 Å².